The largest absolute Gasteiger partial charge is 0.376 e. The fourth-order valence-electron chi connectivity index (χ4n) is 3.43. The molecule has 5 N–H and O–H groups in total. The summed E-state index contributed by atoms with van der Waals surface area (Å²) in [5.74, 6) is -1.43. The minimum absolute atomic E-state index is 0.155. The fourth-order valence-corrected chi connectivity index (χ4v) is 6.92. The zero-order chi connectivity index (χ0) is 24.2. The number of carbonyl (C=O) groups is 2. The number of nitrogens with one attached hydrogen (secondary N) is 3. The van der Waals surface area contributed by atoms with E-state index in [-0.39, 0.29) is 11.8 Å². The molecule has 1 heterocycles. The van der Waals surface area contributed by atoms with Gasteiger partial charge in [-0.3, -0.25) is 20.1 Å². The van der Waals surface area contributed by atoms with Gasteiger partial charge in [0.05, 0.1) is 21.4 Å². The van der Waals surface area contributed by atoms with Gasteiger partial charge in [0.15, 0.2) is 0 Å². The Morgan fingerprint density at radius 1 is 1.09 bits per heavy atom. The molecule has 2 rings (SSSR count). The van der Waals surface area contributed by atoms with Crippen molar-refractivity contribution in [3.8, 4) is 0 Å². The molecule has 0 radical (unpaired) electrons. The maximum absolute atomic E-state index is 13.4. The van der Waals surface area contributed by atoms with Crippen molar-refractivity contribution in [2.24, 2.45) is 11.8 Å². The predicted molar refractivity (Wildman–Crippen MR) is 136 cm³/mol. The van der Waals surface area contributed by atoms with Crippen LogP contribution in [0.4, 0.5) is 0 Å². The molecule has 0 saturated carbocycles. The van der Waals surface area contributed by atoms with Crippen LogP contribution in [0.2, 0.25) is 0 Å². The molecule has 33 heavy (non-hydrogen) atoms. The normalized spacial score (nSPS) is 15.0. The minimum Gasteiger partial charge on any atom is -0.376 e. The number of benzene rings is 1. The van der Waals surface area contributed by atoms with Crippen molar-refractivity contribution in [1.29, 1.82) is 0 Å². The Hall–Kier alpha value is -1.56. The lowest BCUT2D eigenvalue weighted by Gasteiger charge is -2.30. The summed E-state index contributed by atoms with van der Waals surface area (Å²) in [5, 5.41) is 27.4. The van der Waals surface area contributed by atoms with Gasteiger partial charge in [-0.15, -0.1) is 34.9 Å². The molecule has 182 valence electrons. The van der Waals surface area contributed by atoms with Gasteiger partial charge in [0.25, 0.3) is 5.91 Å². The van der Waals surface area contributed by atoms with Crippen molar-refractivity contribution in [3.63, 3.8) is 0 Å². The minimum atomic E-state index is -0.957. The van der Waals surface area contributed by atoms with E-state index >= 15 is 0 Å². The molecule has 4 unspecified atom stereocenters. The first-order chi connectivity index (χ1) is 15.8. The number of hydroxylamine groups is 1. The average Bonchev–Trinajstić information content (AvgIpc) is 3.33. The number of aliphatic hydroxyl groups excluding tert-OH is 1. The van der Waals surface area contributed by atoms with Crippen LogP contribution in [0.15, 0.2) is 52.1 Å². The molecule has 4 atom stereocenters. The Morgan fingerprint density at radius 3 is 2.39 bits per heavy atom. The number of thioether (sulfide) groups is 2. The molecule has 0 fully saturated rings. The van der Waals surface area contributed by atoms with Crippen LogP contribution < -0.4 is 16.1 Å². The highest BCUT2D eigenvalue weighted by Gasteiger charge is 2.36. The quantitative estimate of drug-likeness (QED) is 0.115. The molecule has 2 amide bonds. The summed E-state index contributed by atoms with van der Waals surface area (Å²) in [6.07, 6.45) is -0.0591. The second-order valence-corrected chi connectivity index (χ2v) is 11.8. The molecular weight excluding hydrogens is 478 g/mol. The lowest BCUT2D eigenvalue weighted by Crippen LogP contribution is -2.54. The van der Waals surface area contributed by atoms with Crippen LogP contribution in [0, 0.1) is 11.8 Å². The molecule has 0 saturated heterocycles. The van der Waals surface area contributed by atoms with Crippen molar-refractivity contribution >= 4 is 46.7 Å². The van der Waals surface area contributed by atoms with Gasteiger partial charge in [-0.05, 0) is 42.8 Å². The Bertz CT molecular complexity index is 837. The number of hydrogen-bond donors (Lipinski definition) is 5. The van der Waals surface area contributed by atoms with Crippen LogP contribution in [-0.2, 0) is 16.0 Å². The third-order valence-electron chi connectivity index (χ3n) is 5.04. The van der Waals surface area contributed by atoms with Gasteiger partial charge in [-0.1, -0.05) is 50.2 Å². The third kappa shape index (κ3) is 9.30. The number of aliphatic hydroxyl groups is 1. The highest BCUT2D eigenvalue weighted by atomic mass is 32.2. The number of likely N-dealkylation sites (N-methyl/N-ethyl adjacent to an activating group) is 1. The number of amides is 2. The van der Waals surface area contributed by atoms with Gasteiger partial charge in [0, 0.05) is 5.08 Å². The number of hydrogen-bond acceptors (Lipinski definition) is 8. The van der Waals surface area contributed by atoms with Crippen LogP contribution in [0.5, 0.6) is 0 Å². The van der Waals surface area contributed by atoms with Gasteiger partial charge in [0.2, 0.25) is 5.91 Å². The summed E-state index contributed by atoms with van der Waals surface area (Å²) >= 11 is 4.54. The van der Waals surface area contributed by atoms with E-state index in [1.165, 1.54) is 11.8 Å². The Kier molecular flexibility index (Phi) is 12.3. The van der Waals surface area contributed by atoms with E-state index in [4.69, 9.17) is 0 Å². The van der Waals surface area contributed by atoms with Crippen LogP contribution in [0.25, 0.3) is 0 Å². The standard InChI is InChI=1S/C23H33N3O4S3/c1-15(2)12-17(20(23(29)26-30)33-14-32-19-10-7-11-31-19)21(27)25-18(22(28)24-3)13-16-8-5-4-6-9-16/h4-11,15,17-18,20,22,24,28,30H,12-14H2,1-3H3,(H,25,27)(H,26,29). The van der Waals surface area contributed by atoms with Crippen LogP contribution in [0.3, 0.4) is 0 Å². The summed E-state index contributed by atoms with van der Waals surface area (Å²) in [5.41, 5.74) is 2.71. The SMILES string of the molecule is CNC(O)C(Cc1ccccc1)NC(=O)C(CC(C)C)C(SCSc1cccs1)C(=O)NO. The van der Waals surface area contributed by atoms with Gasteiger partial charge in [-0.25, -0.2) is 5.48 Å². The molecule has 0 aliphatic rings. The lowest BCUT2D eigenvalue weighted by molar-refractivity contribution is -0.135. The molecule has 0 spiro atoms. The molecule has 1 aromatic carbocycles. The van der Waals surface area contributed by atoms with Gasteiger partial charge < -0.3 is 10.4 Å². The van der Waals surface area contributed by atoms with E-state index in [1.54, 1.807) is 35.6 Å². The molecule has 2 aromatic rings. The van der Waals surface area contributed by atoms with Crippen LogP contribution in [0.1, 0.15) is 25.8 Å². The van der Waals surface area contributed by atoms with Crippen LogP contribution in [-0.4, -0.2) is 51.8 Å². The molecule has 0 aliphatic heterocycles. The smallest absolute Gasteiger partial charge is 0.257 e. The summed E-state index contributed by atoms with van der Waals surface area (Å²) < 4.78 is 1.12. The van der Waals surface area contributed by atoms with Crippen molar-refractivity contribution < 1.29 is 19.9 Å². The van der Waals surface area contributed by atoms with E-state index in [2.05, 4.69) is 10.6 Å². The topological polar surface area (TPSA) is 111 Å². The Balaban J connectivity index is 2.17. The second-order valence-electron chi connectivity index (χ2n) is 8.03. The lowest BCUT2D eigenvalue weighted by atomic mass is 9.91. The van der Waals surface area contributed by atoms with Crippen molar-refractivity contribution in [2.75, 3.05) is 12.1 Å². The molecule has 10 heteroatoms. The summed E-state index contributed by atoms with van der Waals surface area (Å²) in [6, 6.07) is 13.0. The van der Waals surface area contributed by atoms with E-state index in [1.807, 2.05) is 61.7 Å². The molecule has 7 nitrogen and oxygen atoms in total. The zero-order valence-corrected chi connectivity index (χ0v) is 21.5. The van der Waals surface area contributed by atoms with Crippen LogP contribution >= 0.6 is 34.9 Å². The molecule has 0 bridgehead atoms. The first-order valence-electron chi connectivity index (χ1n) is 10.8. The monoisotopic (exact) mass is 511 g/mol. The summed E-state index contributed by atoms with van der Waals surface area (Å²) in [4.78, 5) is 26.0. The summed E-state index contributed by atoms with van der Waals surface area (Å²) in [7, 11) is 1.63. The predicted octanol–water partition coefficient (Wildman–Crippen LogP) is 3.33. The Labute approximate surface area is 208 Å². The van der Waals surface area contributed by atoms with Gasteiger partial charge >= 0.3 is 0 Å². The van der Waals surface area contributed by atoms with E-state index < -0.39 is 29.3 Å². The first-order valence-corrected chi connectivity index (χ1v) is 13.7. The number of rotatable bonds is 14. The van der Waals surface area contributed by atoms with Crippen molar-refractivity contribution in [2.45, 2.75) is 48.4 Å². The number of thiophene rings is 1. The van der Waals surface area contributed by atoms with Gasteiger partial charge in [-0.2, -0.15) is 0 Å². The maximum atomic E-state index is 13.4. The summed E-state index contributed by atoms with van der Waals surface area (Å²) in [6.45, 7) is 3.98. The highest BCUT2D eigenvalue weighted by Crippen LogP contribution is 2.33. The molecular formula is C23H33N3O4S3. The van der Waals surface area contributed by atoms with Crippen molar-refractivity contribution in [1.82, 2.24) is 16.1 Å². The van der Waals surface area contributed by atoms with Gasteiger partial charge in [0.1, 0.15) is 6.23 Å². The van der Waals surface area contributed by atoms with E-state index in [0.717, 1.165) is 9.77 Å². The van der Waals surface area contributed by atoms with E-state index in [0.29, 0.717) is 17.9 Å². The number of carbonyl (C=O) groups excluding carboxylic acids is 2. The molecule has 0 aliphatic carbocycles. The van der Waals surface area contributed by atoms with Crippen molar-refractivity contribution in [3.05, 3.63) is 53.4 Å². The second kappa shape index (κ2) is 14.6. The first kappa shape index (κ1) is 27.7. The zero-order valence-electron chi connectivity index (χ0n) is 19.1. The maximum Gasteiger partial charge on any atom is 0.257 e. The highest BCUT2D eigenvalue weighted by molar-refractivity contribution is 8.17. The Morgan fingerprint density at radius 2 is 1.82 bits per heavy atom. The van der Waals surface area contributed by atoms with E-state index in [9.17, 15) is 19.9 Å². The average molecular weight is 512 g/mol. The fraction of sp³-hybridized carbons (Fsp3) is 0.478. The third-order valence-corrected chi connectivity index (χ3v) is 8.68. The molecule has 1 aromatic heterocycles.